The van der Waals surface area contributed by atoms with Crippen molar-refractivity contribution in [2.75, 3.05) is 13.1 Å². The van der Waals surface area contributed by atoms with Gasteiger partial charge < -0.3 is 0 Å². The molecule has 60 valence electrons. The molecule has 1 saturated heterocycles. The summed E-state index contributed by atoms with van der Waals surface area (Å²) in [6.07, 6.45) is 0. The van der Waals surface area contributed by atoms with Crippen molar-refractivity contribution in [3.05, 3.63) is 11.6 Å². The Labute approximate surface area is 68.8 Å². The van der Waals surface area contributed by atoms with Gasteiger partial charge in [-0.25, -0.2) is 5.01 Å². The minimum Gasteiger partial charge on any atom is -0.287 e. The third-order valence-electron chi connectivity index (χ3n) is 1.21. The number of carbonyl (C=O) groups excluding carboxylic acids is 2. The molecule has 0 unspecified atom stereocenters. The van der Waals surface area contributed by atoms with Crippen LogP contribution in [0.2, 0.25) is 0 Å². The first kappa shape index (κ1) is 8.23. The summed E-state index contributed by atoms with van der Waals surface area (Å²) in [5, 5.41) is 1.81. The molecule has 0 atom stereocenters. The minimum atomic E-state index is -0.581. The first-order valence-electron chi connectivity index (χ1n) is 3.01. The SMILES string of the molecule is C=C(Cl)CN1CC(=O)C(=O)N1. The summed E-state index contributed by atoms with van der Waals surface area (Å²) in [7, 11) is 0. The molecular formula is C6H7ClN2O2. The summed E-state index contributed by atoms with van der Waals surface area (Å²) in [5.74, 6) is -1.02. The fourth-order valence-corrected chi connectivity index (χ4v) is 0.937. The van der Waals surface area contributed by atoms with E-state index < -0.39 is 11.7 Å². The molecule has 0 saturated carbocycles. The molecule has 5 heteroatoms. The molecule has 11 heavy (non-hydrogen) atoms. The van der Waals surface area contributed by atoms with Crippen molar-refractivity contribution >= 4 is 23.3 Å². The van der Waals surface area contributed by atoms with Crippen LogP contribution in [0.4, 0.5) is 0 Å². The van der Waals surface area contributed by atoms with E-state index in [1.807, 2.05) is 0 Å². The fraction of sp³-hybridized carbons (Fsp3) is 0.333. The predicted octanol–water partition coefficient (Wildman–Crippen LogP) is -0.345. The van der Waals surface area contributed by atoms with E-state index in [1.54, 1.807) is 0 Å². The molecule has 4 nitrogen and oxygen atoms in total. The molecule has 0 aromatic carbocycles. The Balaban J connectivity index is 2.47. The first-order chi connectivity index (χ1) is 5.09. The highest BCUT2D eigenvalue weighted by Crippen LogP contribution is 2.02. The fourth-order valence-electron chi connectivity index (χ4n) is 0.793. The van der Waals surface area contributed by atoms with E-state index >= 15 is 0 Å². The van der Waals surface area contributed by atoms with Crippen LogP contribution >= 0.6 is 11.6 Å². The van der Waals surface area contributed by atoms with Crippen molar-refractivity contribution in [1.82, 2.24) is 10.4 Å². The van der Waals surface area contributed by atoms with E-state index in [0.717, 1.165) is 0 Å². The summed E-state index contributed by atoms with van der Waals surface area (Å²) < 4.78 is 0. The van der Waals surface area contributed by atoms with Crippen LogP contribution in [-0.4, -0.2) is 29.8 Å². The maximum atomic E-state index is 10.6. The van der Waals surface area contributed by atoms with Crippen molar-refractivity contribution in [2.45, 2.75) is 0 Å². The van der Waals surface area contributed by atoms with Crippen LogP contribution in [0.1, 0.15) is 0 Å². The molecule has 0 aromatic rings. The van der Waals surface area contributed by atoms with Crippen molar-refractivity contribution in [2.24, 2.45) is 0 Å². The van der Waals surface area contributed by atoms with Crippen LogP contribution in [0.5, 0.6) is 0 Å². The van der Waals surface area contributed by atoms with Crippen LogP contribution in [0.25, 0.3) is 0 Å². The number of Topliss-reactive ketones (excluding diaryl/α,β-unsaturated/α-hetero) is 1. The van der Waals surface area contributed by atoms with E-state index in [4.69, 9.17) is 11.6 Å². The average molecular weight is 175 g/mol. The van der Waals surface area contributed by atoms with Gasteiger partial charge >= 0.3 is 5.91 Å². The molecule has 1 N–H and O–H groups in total. The Morgan fingerprint density at radius 2 is 2.36 bits per heavy atom. The number of carbonyl (C=O) groups is 2. The van der Waals surface area contributed by atoms with Crippen molar-refractivity contribution in [3.63, 3.8) is 0 Å². The monoisotopic (exact) mass is 174 g/mol. The van der Waals surface area contributed by atoms with E-state index in [1.165, 1.54) is 5.01 Å². The predicted molar refractivity (Wildman–Crippen MR) is 39.7 cm³/mol. The lowest BCUT2D eigenvalue weighted by molar-refractivity contribution is -0.134. The van der Waals surface area contributed by atoms with E-state index in [-0.39, 0.29) is 6.54 Å². The molecule has 0 aliphatic carbocycles. The number of hydrazine groups is 1. The second-order valence-electron chi connectivity index (χ2n) is 2.24. The Morgan fingerprint density at radius 1 is 1.73 bits per heavy atom. The highest BCUT2D eigenvalue weighted by atomic mass is 35.5. The van der Waals surface area contributed by atoms with E-state index in [2.05, 4.69) is 12.0 Å². The average Bonchev–Trinajstić information content (AvgIpc) is 2.10. The van der Waals surface area contributed by atoms with Gasteiger partial charge in [-0.05, 0) is 0 Å². The second-order valence-corrected chi connectivity index (χ2v) is 2.77. The summed E-state index contributed by atoms with van der Waals surface area (Å²) in [6, 6.07) is 0. The topological polar surface area (TPSA) is 49.4 Å². The molecule has 0 bridgehead atoms. The van der Waals surface area contributed by atoms with Gasteiger partial charge in [0.25, 0.3) is 0 Å². The lowest BCUT2D eigenvalue weighted by Crippen LogP contribution is -2.33. The lowest BCUT2D eigenvalue weighted by Gasteiger charge is -2.11. The third-order valence-corrected chi connectivity index (χ3v) is 1.33. The number of halogens is 1. The highest BCUT2D eigenvalue weighted by molar-refractivity contribution is 6.38. The lowest BCUT2D eigenvalue weighted by atomic mass is 10.4. The largest absolute Gasteiger partial charge is 0.303 e. The Kier molecular flexibility index (Phi) is 2.26. The molecule has 1 rings (SSSR count). The number of hydrogen-bond donors (Lipinski definition) is 1. The maximum Gasteiger partial charge on any atom is 0.303 e. The van der Waals surface area contributed by atoms with Gasteiger partial charge in [0.2, 0.25) is 5.78 Å². The second kappa shape index (κ2) is 3.02. The van der Waals surface area contributed by atoms with Crippen LogP contribution < -0.4 is 5.43 Å². The number of nitrogens with one attached hydrogen (secondary N) is 1. The normalized spacial score (nSPS) is 18.6. The molecule has 1 aliphatic heterocycles. The van der Waals surface area contributed by atoms with E-state index in [0.29, 0.717) is 11.6 Å². The Morgan fingerprint density at radius 3 is 2.73 bits per heavy atom. The molecule has 0 aromatic heterocycles. The smallest absolute Gasteiger partial charge is 0.287 e. The van der Waals surface area contributed by atoms with Gasteiger partial charge in [0.1, 0.15) is 0 Å². The van der Waals surface area contributed by atoms with Crippen LogP contribution in [0.15, 0.2) is 11.6 Å². The number of rotatable bonds is 2. The number of amides is 1. The molecule has 0 radical (unpaired) electrons. The van der Waals surface area contributed by atoms with Crippen molar-refractivity contribution < 1.29 is 9.59 Å². The zero-order chi connectivity index (χ0) is 8.43. The van der Waals surface area contributed by atoms with Gasteiger partial charge in [0, 0.05) is 5.03 Å². The molecule has 1 amide bonds. The maximum absolute atomic E-state index is 10.6. The summed E-state index contributed by atoms with van der Waals surface area (Å²) in [6.45, 7) is 3.81. The number of nitrogens with zero attached hydrogens (tertiary/aromatic N) is 1. The van der Waals surface area contributed by atoms with Gasteiger partial charge in [0.05, 0.1) is 13.1 Å². The van der Waals surface area contributed by atoms with Crippen molar-refractivity contribution in [3.8, 4) is 0 Å². The molecular weight excluding hydrogens is 168 g/mol. The molecule has 1 fully saturated rings. The molecule has 1 heterocycles. The number of hydrogen-bond acceptors (Lipinski definition) is 3. The Bertz CT molecular complexity index is 211. The van der Waals surface area contributed by atoms with Gasteiger partial charge in [-0.3, -0.25) is 15.0 Å². The van der Waals surface area contributed by atoms with Gasteiger partial charge in [-0.2, -0.15) is 0 Å². The summed E-state index contributed by atoms with van der Waals surface area (Å²) in [5.41, 5.74) is 2.33. The van der Waals surface area contributed by atoms with Crippen LogP contribution in [-0.2, 0) is 9.59 Å². The van der Waals surface area contributed by atoms with Gasteiger partial charge in [-0.15, -0.1) is 0 Å². The minimum absolute atomic E-state index is 0.0740. The molecule has 0 spiro atoms. The van der Waals surface area contributed by atoms with Gasteiger partial charge in [0.15, 0.2) is 0 Å². The van der Waals surface area contributed by atoms with Gasteiger partial charge in [-0.1, -0.05) is 18.2 Å². The van der Waals surface area contributed by atoms with E-state index in [9.17, 15) is 9.59 Å². The van der Waals surface area contributed by atoms with Crippen LogP contribution in [0, 0.1) is 0 Å². The zero-order valence-corrected chi connectivity index (χ0v) is 6.52. The third kappa shape index (κ3) is 2.03. The van der Waals surface area contributed by atoms with Crippen molar-refractivity contribution in [1.29, 1.82) is 0 Å². The first-order valence-corrected chi connectivity index (χ1v) is 3.39. The van der Waals surface area contributed by atoms with Crippen LogP contribution in [0.3, 0.4) is 0 Å². The standard InChI is InChI=1S/C6H7ClN2O2/c1-4(7)2-9-3-5(10)6(11)8-9/h1-3H2,(H,8,11). The summed E-state index contributed by atoms with van der Waals surface area (Å²) in [4.78, 5) is 21.2. The highest BCUT2D eigenvalue weighted by Gasteiger charge is 2.27. The summed E-state index contributed by atoms with van der Waals surface area (Å²) >= 11 is 5.45. The Hall–Kier alpha value is -0.870. The number of ketones is 1. The molecule has 1 aliphatic rings. The zero-order valence-electron chi connectivity index (χ0n) is 5.76. The quantitative estimate of drug-likeness (QED) is 0.583.